The number of hydrogen-bond donors (Lipinski definition) is 1. The fourth-order valence-corrected chi connectivity index (χ4v) is 3.23. The van der Waals surface area contributed by atoms with Crippen LogP contribution >= 0.6 is 35.0 Å². The molecule has 3 rings (SSSR count). The van der Waals surface area contributed by atoms with Gasteiger partial charge in [-0.1, -0.05) is 35.0 Å². The first-order chi connectivity index (χ1) is 13.5. The van der Waals surface area contributed by atoms with Crippen LogP contribution in [0.25, 0.3) is 0 Å². The van der Waals surface area contributed by atoms with E-state index in [1.165, 1.54) is 0 Å². The Kier molecular flexibility index (Phi) is 7.02. The van der Waals surface area contributed by atoms with Gasteiger partial charge in [0.1, 0.15) is 11.5 Å². The van der Waals surface area contributed by atoms with Gasteiger partial charge in [-0.05, 0) is 42.5 Å². The molecule has 0 spiro atoms. The number of anilines is 1. The van der Waals surface area contributed by atoms with Crippen molar-refractivity contribution in [3.8, 4) is 11.5 Å². The van der Waals surface area contributed by atoms with Gasteiger partial charge in [-0.15, -0.1) is 10.2 Å². The Hall–Kier alpha value is -2.42. The smallest absolute Gasteiger partial charge is 0.277 e. The summed E-state index contributed by atoms with van der Waals surface area (Å²) in [5, 5.41) is 11.6. The van der Waals surface area contributed by atoms with Crippen LogP contribution < -0.4 is 14.8 Å². The van der Waals surface area contributed by atoms with Crippen LogP contribution in [0.15, 0.2) is 52.1 Å². The highest BCUT2D eigenvalue weighted by Gasteiger charge is 2.11. The number of nitrogens with one attached hydrogen (secondary N) is 1. The highest BCUT2D eigenvalue weighted by Crippen LogP contribution is 2.23. The minimum Gasteiger partial charge on any atom is -0.497 e. The maximum atomic E-state index is 12.0. The molecule has 0 aliphatic heterocycles. The molecule has 1 amide bonds. The van der Waals surface area contributed by atoms with E-state index in [1.54, 1.807) is 49.6 Å². The lowest BCUT2D eigenvalue weighted by Gasteiger charge is -2.05. The SMILES string of the molecule is COc1ccc(OCc2nnc(SCC(=O)Nc3cc(Cl)cc(Cl)c3)o2)cc1. The molecule has 0 atom stereocenters. The molecule has 0 saturated carbocycles. The van der Waals surface area contributed by atoms with Gasteiger partial charge >= 0.3 is 0 Å². The fraction of sp³-hybridized carbons (Fsp3) is 0.167. The lowest BCUT2D eigenvalue weighted by molar-refractivity contribution is -0.113. The molecule has 0 aliphatic rings. The average Bonchev–Trinajstić information content (AvgIpc) is 3.12. The lowest BCUT2D eigenvalue weighted by Crippen LogP contribution is -2.13. The van der Waals surface area contributed by atoms with Crippen LogP contribution in [0.3, 0.4) is 0 Å². The monoisotopic (exact) mass is 439 g/mol. The Bertz CT molecular complexity index is 930. The average molecular weight is 440 g/mol. The van der Waals surface area contributed by atoms with E-state index in [0.29, 0.717) is 27.4 Å². The van der Waals surface area contributed by atoms with Crippen LogP contribution in [-0.2, 0) is 11.4 Å². The number of hydrogen-bond acceptors (Lipinski definition) is 7. The first-order valence-electron chi connectivity index (χ1n) is 8.00. The Balaban J connectivity index is 1.46. The topological polar surface area (TPSA) is 86.5 Å². The summed E-state index contributed by atoms with van der Waals surface area (Å²) in [4.78, 5) is 12.0. The van der Waals surface area contributed by atoms with Crippen molar-refractivity contribution in [1.29, 1.82) is 0 Å². The Morgan fingerprint density at radius 2 is 1.79 bits per heavy atom. The van der Waals surface area contributed by atoms with Crippen LogP contribution in [-0.4, -0.2) is 29.0 Å². The van der Waals surface area contributed by atoms with E-state index in [0.717, 1.165) is 17.5 Å². The summed E-state index contributed by atoms with van der Waals surface area (Å²) >= 11 is 12.9. The summed E-state index contributed by atoms with van der Waals surface area (Å²) in [7, 11) is 1.60. The van der Waals surface area contributed by atoms with Crippen molar-refractivity contribution in [2.24, 2.45) is 0 Å². The number of nitrogens with zero attached hydrogens (tertiary/aromatic N) is 2. The molecule has 28 heavy (non-hydrogen) atoms. The second kappa shape index (κ2) is 9.68. The van der Waals surface area contributed by atoms with E-state index in [1.807, 2.05) is 0 Å². The van der Waals surface area contributed by atoms with Crippen molar-refractivity contribution in [2.75, 3.05) is 18.2 Å². The normalized spacial score (nSPS) is 10.5. The maximum Gasteiger partial charge on any atom is 0.277 e. The fourth-order valence-electron chi connectivity index (χ4n) is 2.12. The van der Waals surface area contributed by atoms with Crippen molar-refractivity contribution >= 4 is 46.6 Å². The molecule has 0 radical (unpaired) electrons. The molecule has 1 N–H and O–H groups in total. The summed E-state index contributed by atoms with van der Waals surface area (Å²) in [5.74, 6) is 1.53. The number of aromatic nitrogens is 2. The number of carbonyl (C=O) groups excluding carboxylic acids is 1. The zero-order valence-corrected chi connectivity index (χ0v) is 17.0. The summed E-state index contributed by atoms with van der Waals surface area (Å²) in [6.07, 6.45) is 0. The minimum atomic E-state index is -0.252. The van der Waals surface area contributed by atoms with Crippen LogP contribution in [0.5, 0.6) is 11.5 Å². The summed E-state index contributed by atoms with van der Waals surface area (Å²) in [5.41, 5.74) is 0.516. The summed E-state index contributed by atoms with van der Waals surface area (Å²) in [6.45, 7) is 0.118. The Labute approximate surface area is 175 Å². The van der Waals surface area contributed by atoms with Gasteiger partial charge in [0.05, 0.1) is 12.9 Å². The molecule has 10 heteroatoms. The maximum absolute atomic E-state index is 12.0. The van der Waals surface area contributed by atoms with Crippen LogP contribution in [0, 0.1) is 0 Å². The number of carbonyl (C=O) groups is 1. The molecular weight excluding hydrogens is 425 g/mol. The van der Waals surface area contributed by atoms with E-state index in [2.05, 4.69) is 15.5 Å². The number of rotatable bonds is 8. The second-order valence-corrected chi connectivity index (χ2v) is 7.22. The number of amides is 1. The van der Waals surface area contributed by atoms with Gasteiger partial charge in [-0.25, -0.2) is 0 Å². The van der Waals surface area contributed by atoms with Crippen molar-refractivity contribution in [3.63, 3.8) is 0 Å². The number of ether oxygens (including phenoxy) is 2. The molecular formula is C18H15Cl2N3O4S. The highest BCUT2D eigenvalue weighted by atomic mass is 35.5. The number of halogens is 2. The van der Waals surface area contributed by atoms with Crippen LogP contribution in [0.4, 0.5) is 5.69 Å². The predicted octanol–water partition coefficient (Wildman–Crippen LogP) is 4.69. The molecule has 3 aromatic rings. The van der Waals surface area contributed by atoms with Crippen LogP contribution in [0.2, 0.25) is 10.0 Å². The van der Waals surface area contributed by atoms with E-state index in [9.17, 15) is 4.79 Å². The first kappa shape index (κ1) is 20.3. The van der Waals surface area contributed by atoms with E-state index < -0.39 is 0 Å². The third-order valence-corrected chi connectivity index (χ3v) is 4.60. The largest absolute Gasteiger partial charge is 0.497 e. The number of methoxy groups -OCH3 is 1. The number of thioether (sulfide) groups is 1. The van der Waals surface area contributed by atoms with Gasteiger partial charge in [-0.2, -0.15) is 0 Å². The molecule has 0 fully saturated rings. The second-order valence-electron chi connectivity index (χ2n) is 5.42. The van der Waals surface area contributed by atoms with Gasteiger partial charge in [-0.3, -0.25) is 4.79 Å². The van der Waals surface area contributed by atoms with E-state index >= 15 is 0 Å². The Morgan fingerprint density at radius 1 is 1.11 bits per heavy atom. The summed E-state index contributed by atoms with van der Waals surface area (Å²) < 4.78 is 16.1. The third-order valence-electron chi connectivity index (χ3n) is 3.34. The predicted molar refractivity (Wildman–Crippen MR) is 107 cm³/mol. The molecule has 146 valence electrons. The Morgan fingerprint density at radius 3 is 2.46 bits per heavy atom. The van der Waals surface area contributed by atoms with Crippen molar-refractivity contribution in [2.45, 2.75) is 11.8 Å². The van der Waals surface area contributed by atoms with E-state index in [4.69, 9.17) is 37.1 Å². The quantitative estimate of drug-likeness (QED) is 0.509. The molecule has 0 saturated heterocycles. The molecule has 0 unspecified atom stereocenters. The molecule has 0 aliphatic carbocycles. The zero-order valence-electron chi connectivity index (χ0n) is 14.6. The van der Waals surface area contributed by atoms with Gasteiger partial charge in [0, 0.05) is 15.7 Å². The zero-order chi connectivity index (χ0) is 19.9. The molecule has 7 nitrogen and oxygen atoms in total. The number of benzene rings is 2. The highest BCUT2D eigenvalue weighted by molar-refractivity contribution is 7.99. The molecule has 0 bridgehead atoms. The van der Waals surface area contributed by atoms with Crippen molar-refractivity contribution in [3.05, 3.63) is 58.4 Å². The third kappa shape index (κ3) is 6.05. The van der Waals surface area contributed by atoms with Gasteiger partial charge in [0.2, 0.25) is 5.91 Å². The lowest BCUT2D eigenvalue weighted by atomic mass is 10.3. The van der Waals surface area contributed by atoms with E-state index in [-0.39, 0.29) is 23.5 Å². The van der Waals surface area contributed by atoms with Gasteiger partial charge in [0.25, 0.3) is 11.1 Å². The van der Waals surface area contributed by atoms with Crippen molar-refractivity contribution < 1.29 is 18.7 Å². The molecule has 2 aromatic carbocycles. The summed E-state index contributed by atoms with van der Waals surface area (Å²) in [6, 6.07) is 11.9. The minimum absolute atomic E-state index is 0.0884. The standard InChI is InChI=1S/C18H15Cl2N3O4S/c1-25-14-2-4-15(5-3-14)26-9-17-22-23-18(27-17)28-10-16(24)21-13-7-11(19)6-12(20)8-13/h2-8H,9-10H2,1H3,(H,21,24). The first-order valence-corrected chi connectivity index (χ1v) is 9.74. The molecule has 1 aromatic heterocycles. The van der Waals surface area contributed by atoms with Crippen LogP contribution in [0.1, 0.15) is 5.89 Å². The van der Waals surface area contributed by atoms with Gasteiger partial charge < -0.3 is 19.2 Å². The molecule has 1 heterocycles. The van der Waals surface area contributed by atoms with Crippen molar-refractivity contribution in [1.82, 2.24) is 10.2 Å². The van der Waals surface area contributed by atoms with Gasteiger partial charge in [0.15, 0.2) is 6.61 Å².